The molecule has 2 aromatic heterocycles. The van der Waals surface area contributed by atoms with Gasteiger partial charge in [0.1, 0.15) is 5.76 Å². The number of nitrogens with zero attached hydrogens (tertiary/aromatic N) is 1. The van der Waals surface area contributed by atoms with Crippen LogP contribution in [-0.2, 0) is 11.3 Å². The summed E-state index contributed by atoms with van der Waals surface area (Å²) in [5, 5.41) is 13.7. The molecule has 5 nitrogen and oxygen atoms in total. The zero-order valence-corrected chi connectivity index (χ0v) is 11.5. The fraction of sp³-hybridized carbons (Fsp3) is 0.385. The Balaban J connectivity index is 1.86. The van der Waals surface area contributed by atoms with E-state index >= 15 is 0 Å². The van der Waals surface area contributed by atoms with Gasteiger partial charge >= 0.3 is 5.97 Å². The lowest BCUT2D eigenvalue weighted by molar-refractivity contribution is -0.137. The van der Waals surface area contributed by atoms with E-state index in [0.717, 1.165) is 16.3 Å². The molecule has 0 unspecified atom stereocenters. The van der Waals surface area contributed by atoms with Gasteiger partial charge in [0, 0.05) is 13.0 Å². The van der Waals surface area contributed by atoms with Crippen molar-refractivity contribution in [2.75, 3.05) is 6.54 Å². The third-order valence-corrected chi connectivity index (χ3v) is 3.52. The fourth-order valence-corrected chi connectivity index (χ4v) is 2.32. The summed E-state index contributed by atoms with van der Waals surface area (Å²) in [4.78, 5) is 15.8. The Labute approximate surface area is 115 Å². The van der Waals surface area contributed by atoms with Crippen molar-refractivity contribution in [3.63, 3.8) is 0 Å². The number of carbonyl (C=O) groups is 1. The molecule has 0 aliphatic carbocycles. The van der Waals surface area contributed by atoms with Crippen molar-refractivity contribution in [1.29, 1.82) is 0 Å². The minimum atomic E-state index is -0.764. The second-order valence-electron chi connectivity index (χ2n) is 4.17. The van der Waals surface area contributed by atoms with Gasteiger partial charge in [-0.3, -0.25) is 4.79 Å². The van der Waals surface area contributed by atoms with Crippen LogP contribution in [0.4, 0.5) is 0 Å². The molecular weight excluding hydrogens is 264 g/mol. The van der Waals surface area contributed by atoms with Gasteiger partial charge in [0.05, 0.1) is 10.6 Å². The number of aliphatic carboxylic acids is 1. The molecule has 6 heteroatoms. The normalized spacial score (nSPS) is 10.8. The molecule has 0 atom stereocenters. The predicted octanol–water partition coefficient (Wildman–Crippen LogP) is 2.67. The maximum Gasteiger partial charge on any atom is 0.303 e. The van der Waals surface area contributed by atoms with Gasteiger partial charge in [0.15, 0.2) is 0 Å². The lowest BCUT2D eigenvalue weighted by Crippen LogP contribution is -2.16. The van der Waals surface area contributed by atoms with Gasteiger partial charge in [0.2, 0.25) is 5.89 Å². The van der Waals surface area contributed by atoms with Crippen molar-refractivity contribution in [2.45, 2.75) is 26.3 Å². The summed E-state index contributed by atoms with van der Waals surface area (Å²) in [6, 6.07) is 3.93. The number of nitrogens with one attached hydrogen (secondary N) is 1. The van der Waals surface area contributed by atoms with E-state index in [0.29, 0.717) is 25.4 Å². The zero-order valence-electron chi connectivity index (χ0n) is 10.7. The van der Waals surface area contributed by atoms with Crippen molar-refractivity contribution in [2.24, 2.45) is 0 Å². The number of hydrogen-bond donors (Lipinski definition) is 2. The van der Waals surface area contributed by atoms with Crippen LogP contribution in [0.1, 0.15) is 24.3 Å². The molecule has 0 radical (unpaired) electrons. The third kappa shape index (κ3) is 3.90. The molecule has 0 fully saturated rings. The zero-order chi connectivity index (χ0) is 13.7. The summed E-state index contributed by atoms with van der Waals surface area (Å²) in [7, 11) is 0. The average molecular weight is 280 g/mol. The summed E-state index contributed by atoms with van der Waals surface area (Å²) >= 11 is 1.59. The molecule has 19 heavy (non-hydrogen) atoms. The van der Waals surface area contributed by atoms with Crippen LogP contribution in [0.3, 0.4) is 0 Å². The first-order valence-electron chi connectivity index (χ1n) is 6.09. The van der Waals surface area contributed by atoms with E-state index in [-0.39, 0.29) is 6.42 Å². The van der Waals surface area contributed by atoms with Crippen LogP contribution in [0.2, 0.25) is 0 Å². The van der Waals surface area contributed by atoms with Crippen LogP contribution in [0.5, 0.6) is 0 Å². The monoisotopic (exact) mass is 280 g/mol. The van der Waals surface area contributed by atoms with Gasteiger partial charge in [-0.25, -0.2) is 4.98 Å². The third-order valence-electron chi connectivity index (χ3n) is 2.66. The van der Waals surface area contributed by atoms with Crippen molar-refractivity contribution in [3.05, 3.63) is 29.0 Å². The maximum absolute atomic E-state index is 10.4. The smallest absolute Gasteiger partial charge is 0.303 e. The van der Waals surface area contributed by atoms with E-state index in [2.05, 4.69) is 10.3 Å². The molecule has 2 rings (SSSR count). The van der Waals surface area contributed by atoms with E-state index in [9.17, 15) is 4.79 Å². The van der Waals surface area contributed by atoms with Gasteiger partial charge < -0.3 is 14.8 Å². The van der Waals surface area contributed by atoms with E-state index < -0.39 is 5.97 Å². The molecule has 2 heterocycles. The Morgan fingerprint density at radius 3 is 3.11 bits per heavy atom. The molecule has 102 valence electrons. The SMILES string of the molecule is Cc1oc(-c2cccs2)nc1CNCCCC(=O)O. The first kappa shape index (κ1) is 13.8. The largest absolute Gasteiger partial charge is 0.481 e. The van der Waals surface area contributed by atoms with E-state index in [1.54, 1.807) is 11.3 Å². The van der Waals surface area contributed by atoms with Crippen LogP contribution in [0.25, 0.3) is 10.8 Å². The minimum absolute atomic E-state index is 0.186. The van der Waals surface area contributed by atoms with Crippen LogP contribution >= 0.6 is 11.3 Å². The summed E-state index contributed by atoms with van der Waals surface area (Å²) in [6.07, 6.45) is 0.801. The van der Waals surface area contributed by atoms with Crippen LogP contribution in [-0.4, -0.2) is 22.6 Å². The summed E-state index contributed by atoms with van der Waals surface area (Å²) in [5.41, 5.74) is 0.874. The van der Waals surface area contributed by atoms with E-state index in [1.807, 2.05) is 24.4 Å². The standard InChI is InChI=1S/C13H16N2O3S/c1-9-10(8-14-6-2-5-12(16)17)15-13(18-9)11-4-3-7-19-11/h3-4,7,14H,2,5-6,8H2,1H3,(H,16,17). The average Bonchev–Trinajstić information content (AvgIpc) is 2.98. The second-order valence-corrected chi connectivity index (χ2v) is 5.12. The second kappa shape index (κ2) is 6.49. The predicted molar refractivity (Wildman–Crippen MR) is 73.1 cm³/mol. The van der Waals surface area contributed by atoms with Gasteiger partial charge in [-0.2, -0.15) is 0 Å². The minimum Gasteiger partial charge on any atom is -0.481 e. The van der Waals surface area contributed by atoms with Crippen LogP contribution < -0.4 is 5.32 Å². The molecule has 2 aromatic rings. The topological polar surface area (TPSA) is 75.4 Å². The molecule has 0 saturated carbocycles. The molecule has 0 aromatic carbocycles. The molecule has 0 spiro atoms. The number of thiophene rings is 1. The lowest BCUT2D eigenvalue weighted by atomic mass is 10.3. The quantitative estimate of drug-likeness (QED) is 0.763. The highest BCUT2D eigenvalue weighted by Crippen LogP contribution is 2.25. The molecule has 2 N–H and O–H groups in total. The maximum atomic E-state index is 10.4. The van der Waals surface area contributed by atoms with Crippen molar-refractivity contribution >= 4 is 17.3 Å². The number of aryl methyl sites for hydroxylation is 1. The van der Waals surface area contributed by atoms with Gasteiger partial charge in [-0.15, -0.1) is 11.3 Å². The molecule has 0 aliphatic rings. The number of hydrogen-bond acceptors (Lipinski definition) is 5. The number of oxazole rings is 1. The number of carboxylic acids is 1. The number of aromatic nitrogens is 1. The number of rotatable bonds is 7. The van der Waals surface area contributed by atoms with Crippen molar-refractivity contribution in [3.8, 4) is 10.8 Å². The summed E-state index contributed by atoms with van der Waals surface area (Å²) in [5.74, 6) is 0.684. The van der Waals surface area contributed by atoms with E-state index in [1.165, 1.54) is 0 Å². The molecular formula is C13H16N2O3S. The highest BCUT2D eigenvalue weighted by molar-refractivity contribution is 7.13. The van der Waals surface area contributed by atoms with Gasteiger partial charge in [-0.05, 0) is 31.3 Å². The summed E-state index contributed by atoms with van der Waals surface area (Å²) in [6.45, 7) is 3.14. The highest BCUT2D eigenvalue weighted by atomic mass is 32.1. The first-order valence-corrected chi connectivity index (χ1v) is 6.97. The highest BCUT2D eigenvalue weighted by Gasteiger charge is 2.11. The molecule has 0 aliphatic heterocycles. The van der Waals surface area contributed by atoms with Gasteiger partial charge in [0.25, 0.3) is 0 Å². The van der Waals surface area contributed by atoms with Crippen LogP contribution in [0, 0.1) is 6.92 Å². The van der Waals surface area contributed by atoms with E-state index in [4.69, 9.17) is 9.52 Å². The Hall–Kier alpha value is -1.66. The number of carboxylic acid groups (broad SMARTS) is 1. The Bertz CT molecular complexity index is 534. The molecule has 0 saturated heterocycles. The lowest BCUT2D eigenvalue weighted by Gasteiger charge is -2.00. The van der Waals surface area contributed by atoms with Crippen molar-refractivity contribution in [1.82, 2.24) is 10.3 Å². The summed E-state index contributed by atoms with van der Waals surface area (Å²) < 4.78 is 5.62. The fourth-order valence-electron chi connectivity index (χ4n) is 1.67. The van der Waals surface area contributed by atoms with Gasteiger partial charge in [-0.1, -0.05) is 6.07 Å². The molecule has 0 bridgehead atoms. The Morgan fingerprint density at radius 1 is 1.58 bits per heavy atom. The first-order chi connectivity index (χ1) is 9.16. The van der Waals surface area contributed by atoms with Crippen molar-refractivity contribution < 1.29 is 14.3 Å². The Morgan fingerprint density at radius 2 is 2.42 bits per heavy atom. The molecule has 0 amide bonds. The van der Waals surface area contributed by atoms with Crippen LogP contribution in [0.15, 0.2) is 21.9 Å². The Kier molecular flexibility index (Phi) is 4.70.